The maximum Gasteiger partial charge on any atom is 0.179 e. The van der Waals surface area contributed by atoms with Crippen molar-refractivity contribution in [3.8, 4) is 5.75 Å². The second-order valence-electron chi connectivity index (χ2n) is 2.60. The molecule has 0 aliphatic carbocycles. The van der Waals surface area contributed by atoms with Gasteiger partial charge in [0.25, 0.3) is 0 Å². The van der Waals surface area contributed by atoms with Crippen LogP contribution < -0.4 is 10.5 Å². The largest absolute Gasteiger partial charge is 0.494 e. The Bertz CT molecular complexity index is 368. The first kappa shape index (κ1) is 11.1. The van der Waals surface area contributed by atoms with Crippen LogP contribution in [0.4, 0.5) is 4.39 Å². The zero-order valence-electron chi connectivity index (χ0n) is 7.51. The Morgan fingerprint density at radius 3 is 2.79 bits per heavy atom. The fourth-order valence-electron chi connectivity index (χ4n) is 1.03. The van der Waals surface area contributed by atoms with Gasteiger partial charge in [-0.15, -0.1) is 0 Å². The maximum absolute atomic E-state index is 13.5. The number of nitrogens with two attached hydrogens (primary N) is 1. The van der Waals surface area contributed by atoms with E-state index in [0.717, 1.165) is 0 Å². The Labute approximate surface area is 89.2 Å². The molecule has 0 fully saturated rings. The van der Waals surface area contributed by atoms with Crippen LogP contribution in [0.1, 0.15) is 10.4 Å². The molecule has 0 unspecified atom stereocenters. The standard InChI is InChI=1S/C9H9BrFNO2/c1-14-8-3-5(10)2-6(9(8)11)7(13)4-12/h2-3H,4,12H2,1H3. The molecular weight excluding hydrogens is 253 g/mol. The summed E-state index contributed by atoms with van der Waals surface area (Å²) in [6.07, 6.45) is 0. The Balaban J connectivity index is 3.29. The fourth-order valence-corrected chi connectivity index (χ4v) is 1.46. The summed E-state index contributed by atoms with van der Waals surface area (Å²) in [7, 11) is 1.33. The SMILES string of the molecule is COc1cc(Br)cc(C(=O)CN)c1F. The van der Waals surface area contributed by atoms with Crippen LogP contribution in [0.15, 0.2) is 16.6 Å². The number of halogens is 2. The maximum atomic E-state index is 13.5. The van der Waals surface area contributed by atoms with E-state index in [1.165, 1.54) is 19.2 Å². The third-order valence-electron chi connectivity index (χ3n) is 1.71. The molecule has 0 spiro atoms. The summed E-state index contributed by atoms with van der Waals surface area (Å²) < 4.78 is 18.8. The number of benzene rings is 1. The first-order chi connectivity index (χ1) is 6.60. The molecular formula is C9H9BrFNO2. The van der Waals surface area contributed by atoms with Crippen LogP contribution in [0.3, 0.4) is 0 Å². The molecule has 0 saturated carbocycles. The van der Waals surface area contributed by atoms with Gasteiger partial charge >= 0.3 is 0 Å². The zero-order chi connectivity index (χ0) is 10.7. The number of hydrogen-bond acceptors (Lipinski definition) is 3. The molecule has 3 nitrogen and oxygen atoms in total. The summed E-state index contributed by atoms with van der Waals surface area (Å²) in [5.74, 6) is -1.11. The van der Waals surface area contributed by atoms with Crippen LogP contribution in [0.5, 0.6) is 5.75 Å². The molecule has 0 aliphatic rings. The molecule has 0 aromatic heterocycles. The molecule has 2 N–H and O–H groups in total. The van der Waals surface area contributed by atoms with E-state index in [1.54, 1.807) is 0 Å². The first-order valence-corrected chi connectivity index (χ1v) is 4.65. The Hall–Kier alpha value is -0.940. The highest BCUT2D eigenvalue weighted by molar-refractivity contribution is 9.10. The average Bonchev–Trinajstić information content (AvgIpc) is 2.19. The summed E-state index contributed by atoms with van der Waals surface area (Å²) in [6.45, 7) is -0.226. The van der Waals surface area contributed by atoms with E-state index in [2.05, 4.69) is 15.9 Å². The van der Waals surface area contributed by atoms with E-state index >= 15 is 0 Å². The quantitative estimate of drug-likeness (QED) is 0.844. The third-order valence-corrected chi connectivity index (χ3v) is 2.17. The smallest absolute Gasteiger partial charge is 0.179 e. The summed E-state index contributed by atoms with van der Waals surface area (Å²) >= 11 is 3.15. The summed E-state index contributed by atoms with van der Waals surface area (Å²) in [4.78, 5) is 11.2. The highest BCUT2D eigenvalue weighted by Gasteiger charge is 2.15. The number of carbonyl (C=O) groups excluding carboxylic acids is 1. The zero-order valence-corrected chi connectivity index (χ0v) is 9.10. The number of ether oxygens (including phenoxy) is 1. The molecule has 0 bridgehead atoms. The minimum absolute atomic E-state index is 0.0242. The van der Waals surface area contributed by atoms with Crippen molar-refractivity contribution in [2.75, 3.05) is 13.7 Å². The molecule has 5 heteroatoms. The lowest BCUT2D eigenvalue weighted by Gasteiger charge is -2.06. The predicted octanol–water partition coefficient (Wildman–Crippen LogP) is 1.74. The molecule has 0 amide bonds. The summed E-state index contributed by atoms with van der Waals surface area (Å²) in [6, 6.07) is 2.83. The molecule has 14 heavy (non-hydrogen) atoms. The lowest BCUT2D eigenvalue weighted by Crippen LogP contribution is -2.15. The molecule has 0 atom stereocenters. The molecule has 0 radical (unpaired) electrons. The Morgan fingerprint density at radius 2 is 2.29 bits per heavy atom. The van der Waals surface area contributed by atoms with Crippen molar-refractivity contribution in [1.82, 2.24) is 0 Å². The van der Waals surface area contributed by atoms with Crippen LogP contribution in [-0.4, -0.2) is 19.4 Å². The van der Waals surface area contributed by atoms with Crippen LogP contribution in [0.2, 0.25) is 0 Å². The Kier molecular flexibility index (Phi) is 3.60. The van der Waals surface area contributed by atoms with E-state index in [-0.39, 0.29) is 17.9 Å². The van der Waals surface area contributed by atoms with Crippen molar-refractivity contribution in [3.05, 3.63) is 28.0 Å². The number of Topliss-reactive ketones (excluding diaryl/α,β-unsaturated/α-hetero) is 1. The normalized spacial score (nSPS) is 10.0. The van der Waals surface area contributed by atoms with Crippen molar-refractivity contribution in [2.45, 2.75) is 0 Å². The van der Waals surface area contributed by atoms with Gasteiger partial charge in [-0.1, -0.05) is 15.9 Å². The van der Waals surface area contributed by atoms with Crippen LogP contribution in [0, 0.1) is 5.82 Å². The van der Waals surface area contributed by atoms with Gasteiger partial charge in [0.1, 0.15) is 0 Å². The van der Waals surface area contributed by atoms with E-state index < -0.39 is 11.6 Å². The van der Waals surface area contributed by atoms with Crippen LogP contribution >= 0.6 is 15.9 Å². The van der Waals surface area contributed by atoms with Crippen molar-refractivity contribution in [2.24, 2.45) is 5.73 Å². The number of rotatable bonds is 3. The van der Waals surface area contributed by atoms with Gasteiger partial charge in [-0.25, -0.2) is 4.39 Å². The summed E-state index contributed by atoms with van der Waals surface area (Å²) in [5.41, 5.74) is 5.09. The van der Waals surface area contributed by atoms with Crippen LogP contribution in [0.25, 0.3) is 0 Å². The van der Waals surface area contributed by atoms with Crippen molar-refractivity contribution < 1.29 is 13.9 Å². The second kappa shape index (κ2) is 4.52. The average molecular weight is 262 g/mol. The second-order valence-corrected chi connectivity index (χ2v) is 3.51. The van der Waals surface area contributed by atoms with E-state index in [4.69, 9.17) is 10.5 Å². The van der Waals surface area contributed by atoms with Crippen molar-refractivity contribution >= 4 is 21.7 Å². The molecule has 1 aromatic carbocycles. The molecule has 1 rings (SSSR count). The van der Waals surface area contributed by atoms with E-state index in [1.807, 2.05) is 0 Å². The van der Waals surface area contributed by atoms with Gasteiger partial charge in [0.2, 0.25) is 0 Å². The fraction of sp³-hybridized carbons (Fsp3) is 0.222. The number of methoxy groups -OCH3 is 1. The minimum atomic E-state index is -0.675. The lowest BCUT2D eigenvalue weighted by atomic mass is 10.1. The highest BCUT2D eigenvalue weighted by atomic mass is 79.9. The first-order valence-electron chi connectivity index (χ1n) is 3.86. The highest BCUT2D eigenvalue weighted by Crippen LogP contribution is 2.26. The van der Waals surface area contributed by atoms with E-state index in [0.29, 0.717) is 4.47 Å². The van der Waals surface area contributed by atoms with Gasteiger partial charge in [0.15, 0.2) is 17.3 Å². The monoisotopic (exact) mass is 261 g/mol. The predicted molar refractivity (Wildman–Crippen MR) is 54.0 cm³/mol. The van der Waals surface area contributed by atoms with Crippen molar-refractivity contribution in [1.29, 1.82) is 0 Å². The van der Waals surface area contributed by atoms with Gasteiger partial charge in [-0.05, 0) is 12.1 Å². The minimum Gasteiger partial charge on any atom is -0.494 e. The topological polar surface area (TPSA) is 52.3 Å². The molecule has 1 aromatic rings. The van der Waals surface area contributed by atoms with Gasteiger partial charge in [-0.3, -0.25) is 4.79 Å². The molecule has 0 saturated heterocycles. The molecule has 0 aliphatic heterocycles. The number of ketones is 1. The van der Waals surface area contributed by atoms with E-state index in [9.17, 15) is 9.18 Å². The van der Waals surface area contributed by atoms with Gasteiger partial charge < -0.3 is 10.5 Å². The summed E-state index contributed by atoms with van der Waals surface area (Å²) in [5, 5.41) is 0. The Morgan fingerprint density at radius 1 is 1.64 bits per heavy atom. The lowest BCUT2D eigenvalue weighted by molar-refractivity contribution is 0.0996. The van der Waals surface area contributed by atoms with Gasteiger partial charge in [0.05, 0.1) is 19.2 Å². The van der Waals surface area contributed by atoms with Gasteiger partial charge in [-0.2, -0.15) is 0 Å². The molecule has 0 heterocycles. The number of hydrogen-bond donors (Lipinski definition) is 1. The van der Waals surface area contributed by atoms with Gasteiger partial charge in [0, 0.05) is 4.47 Å². The number of carbonyl (C=O) groups is 1. The van der Waals surface area contributed by atoms with Crippen LogP contribution in [-0.2, 0) is 0 Å². The third kappa shape index (κ3) is 2.10. The van der Waals surface area contributed by atoms with Crippen molar-refractivity contribution in [3.63, 3.8) is 0 Å². The molecule has 76 valence electrons.